The van der Waals surface area contributed by atoms with Gasteiger partial charge in [0, 0.05) is 6.54 Å². The molecule has 0 radical (unpaired) electrons. The van der Waals surface area contributed by atoms with Gasteiger partial charge < -0.3 is 5.32 Å². The highest BCUT2D eigenvalue weighted by molar-refractivity contribution is 5.61. The van der Waals surface area contributed by atoms with Crippen molar-refractivity contribution in [1.82, 2.24) is 9.97 Å². The molecule has 0 aliphatic rings. The first-order valence-corrected chi connectivity index (χ1v) is 5.51. The molecule has 2 heterocycles. The van der Waals surface area contributed by atoms with Crippen LogP contribution in [0.5, 0.6) is 0 Å². The lowest BCUT2D eigenvalue weighted by atomic mass is 10.2. The van der Waals surface area contributed by atoms with Crippen LogP contribution in [0.2, 0.25) is 0 Å². The molecule has 0 saturated carbocycles. The minimum atomic E-state index is -0.390. The molecule has 0 saturated heterocycles. The van der Waals surface area contributed by atoms with Crippen molar-refractivity contribution in [2.24, 2.45) is 0 Å². The predicted molar refractivity (Wildman–Crippen MR) is 66.3 cm³/mol. The van der Waals surface area contributed by atoms with Gasteiger partial charge in [-0.1, -0.05) is 0 Å². The van der Waals surface area contributed by atoms with Crippen LogP contribution < -0.4 is 5.32 Å². The summed E-state index contributed by atoms with van der Waals surface area (Å²) < 4.78 is 12.8. The molecule has 2 aromatic heterocycles. The Morgan fingerprint density at radius 2 is 2.06 bits per heavy atom. The summed E-state index contributed by atoms with van der Waals surface area (Å²) in [4.78, 5) is 8.27. The number of rotatable bonds is 3. The lowest BCUT2D eigenvalue weighted by Crippen LogP contribution is -2.03. The number of nitrogens with one attached hydrogen (secondary N) is 1. The van der Waals surface area contributed by atoms with Crippen molar-refractivity contribution in [3.8, 4) is 17.5 Å². The van der Waals surface area contributed by atoms with Gasteiger partial charge in [-0.25, -0.2) is 9.37 Å². The quantitative estimate of drug-likeness (QED) is 0.898. The summed E-state index contributed by atoms with van der Waals surface area (Å²) in [6, 6.07) is 8.31. The maximum absolute atomic E-state index is 12.8. The molecule has 0 spiro atoms. The number of hydrogen-bond donors (Lipinski definition) is 1. The molecular formula is C13H11FN4. The molecular weight excluding hydrogens is 231 g/mol. The molecule has 1 N–H and O–H groups in total. The minimum absolute atomic E-state index is 0.390. The third-order valence-corrected chi connectivity index (χ3v) is 2.35. The second-order valence-corrected chi connectivity index (χ2v) is 3.60. The van der Waals surface area contributed by atoms with Crippen molar-refractivity contribution in [2.45, 2.75) is 6.92 Å². The SMILES string of the molecule is CCNc1nc(-c2ccc(F)cn2)ccc1C#N. The van der Waals surface area contributed by atoms with E-state index in [0.29, 0.717) is 29.3 Å². The van der Waals surface area contributed by atoms with E-state index in [0.717, 1.165) is 6.20 Å². The van der Waals surface area contributed by atoms with Crippen molar-refractivity contribution < 1.29 is 4.39 Å². The summed E-state index contributed by atoms with van der Waals surface area (Å²) in [7, 11) is 0. The van der Waals surface area contributed by atoms with Gasteiger partial charge >= 0.3 is 0 Å². The Morgan fingerprint density at radius 1 is 1.28 bits per heavy atom. The Morgan fingerprint density at radius 3 is 2.67 bits per heavy atom. The van der Waals surface area contributed by atoms with Crippen LogP contribution in [-0.2, 0) is 0 Å². The molecule has 0 unspecified atom stereocenters. The van der Waals surface area contributed by atoms with E-state index in [9.17, 15) is 4.39 Å². The normalized spacial score (nSPS) is 9.83. The van der Waals surface area contributed by atoms with Crippen molar-refractivity contribution >= 4 is 5.82 Å². The third-order valence-electron chi connectivity index (χ3n) is 2.35. The van der Waals surface area contributed by atoms with Crippen LogP contribution in [0.4, 0.5) is 10.2 Å². The number of nitriles is 1. The number of halogens is 1. The van der Waals surface area contributed by atoms with Crippen LogP contribution in [0, 0.1) is 17.1 Å². The molecule has 4 nitrogen and oxygen atoms in total. The molecule has 90 valence electrons. The zero-order valence-corrected chi connectivity index (χ0v) is 9.81. The summed E-state index contributed by atoms with van der Waals surface area (Å²) >= 11 is 0. The first kappa shape index (κ1) is 12.0. The highest BCUT2D eigenvalue weighted by Crippen LogP contribution is 2.19. The van der Waals surface area contributed by atoms with Gasteiger partial charge in [0.25, 0.3) is 0 Å². The Balaban J connectivity index is 2.43. The smallest absolute Gasteiger partial charge is 0.144 e. The topological polar surface area (TPSA) is 61.6 Å². The van der Waals surface area contributed by atoms with Crippen LogP contribution in [0.1, 0.15) is 12.5 Å². The highest BCUT2D eigenvalue weighted by Gasteiger charge is 2.07. The van der Waals surface area contributed by atoms with Gasteiger partial charge in [-0.05, 0) is 31.2 Å². The van der Waals surface area contributed by atoms with Crippen LogP contribution in [0.25, 0.3) is 11.4 Å². The van der Waals surface area contributed by atoms with Crippen LogP contribution >= 0.6 is 0 Å². The predicted octanol–water partition coefficient (Wildman–Crippen LogP) is 2.59. The average Bonchev–Trinajstić information content (AvgIpc) is 2.40. The van der Waals surface area contributed by atoms with E-state index in [-0.39, 0.29) is 5.82 Å². The first-order valence-electron chi connectivity index (χ1n) is 5.51. The standard InChI is InChI=1S/C13H11FN4/c1-2-16-13-9(7-15)3-5-12(18-13)11-6-4-10(14)8-17-11/h3-6,8H,2H2,1H3,(H,16,18). The molecule has 0 fully saturated rings. The molecule has 0 bridgehead atoms. The summed E-state index contributed by atoms with van der Waals surface area (Å²) in [5, 5.41) is 12.0. The van der Waals surface area contributed by atoms with Gasteiger partial charge in [0.2, 0.25) is 0 Å². The molecule has 0 aromatic carbocycles. The van der Waals surface area contributed by atoms with E-state index >= 15 is 0 Å². The number of anilines is 1. The van der Waals surface area contributed by atoms with Crippen LogP contribution in [0.15, 0.2) is 30.5 Å². The summed E-state index contributed by atoms with van der Waals surface area (Å²) in [5.41, 5.74) is 1.65. The molecule has 5 heteroatoms. The van der Waals surface area contributed by atoms with Gasteiger partial charge in [0.05, 0.1) is 23.1 Å². The maximum atomic E-state index is 12.8. The molecule has 0 aliphatic heterocycles. The lowest BCUT2D eigenvalue weighted by Gasteiger charge is -2.07. The number of hydrogen-bond acceptors (Lipinski definition) is 4. The highest BCUT2D eigenvalue weighted by atomic mass is 19.1. The number of aromatic nitrogens is 2. The van der Waals surface area contributed by atoms with Gasteiger partial charge in [-0.3, -0.25) is 4.98 Å². The zero-order chi connectivity index (χ0) is 13.0. The average molecular weight is 242 g/mol. The molecule has 0 amide bonds. The number of nitrogens with zero attached hydrogens (tertiary/aromatic N) is 3. The Bertz CT molecular complexity index is 587. The lowest BCUT2D eigenvalue weighted by molar-refractivity contribution is 0.622. The minimum Gasteiger partial charge on any atom is -0.369 e. The van der Waals surface area contributed by atoms with Gasteiger partial charge in [-0.15, -0.1) is 0 Å². The van der Waals surface area contributed by atoms with E-state index in [1.54, 1.807) is 18.2 Å². The van der Waals surface area contributed by atoms with Crippen molar-refractivity contribution in [3.63, 3.8) is 0 Å². The molecule has 2 aromatic rings. The van der Waals surface area contributed by atoms with Crippen LogP contribution in [0.3, 0.4) is 0 Å². The van der Waals surface area contributed by atoms with Gasteiger partial charge in [0.1, 0.15) is 17.7 Å². The third kappa shape index (κ3) is 2.43. The zero-order valence-electron chi connectivity index (χ0n) is 9.81. The van der Waals surface area contributed by atoms with Crippen molar-refractivity contribution in [3.05, 3.63) is 41.8 Å². The van der Waals surface area contributed by atoms with E-state index in [2.05, 4.69) is 21.4 Å². The second-order valence-electron chi connectivity index (χ2n) is 3.60. The fourth-order valence-electron chi connectivity index (χ4n) is 1.52. The summed E-state index contributed by atoms with van der Waals surface area (Å²) in [6.45, 7) is 2.59. The maximum Gasteiger partial charge on any atom is 0.144 e. The summed E-state index contributed by atoms with van der Waals surface area (Å²) in [6.07, 6.45) is 1.14. The molecule has 0 aliphatic carbocycles. The Hall–Kier alpha value is -2.48. The van der Waals surface area contributed by atoms with E-state index in [1.165, 1.54) is 6.07 Å². The monoisotopic (exact) mass is 242 g/mol. The van der Waals surface area contributed by atoms with Gasteiger partial charge in [-0.2, -0.15) is 5.26 Å². The Labute approximate surface area is 104 Å². The van der Waals surface area contributed by atoms with Crippen molar-refractivity contribution in [1.29, 1.82) is 5.26 Å². The van der Waals surface area contributed by atoms with E-state index in [4.69, 9.17) is 5.26 Å². The molecule has 18 heavy (non-hydrogen) atoms. The van der Waals surface area contributed by atoms with Crippen molar-refractivity contribution in [2.75, 3.05) is 11.9 Å². The largest absolute Gasteiger partial charge is 0.369 e. The van der Waals surface area contributed by atoms with E-state index in [1.807, 2.05) is 6.92 Å². The first-order chi connectivity index (χ1) is 8.74. The van der Waals surface area contributed by atoms with Crippen LogP contribution in [-0.4, -0.2) is 16.5 Å². The molecule has 2 rings (SSSR count). The van der Waals surface area contributed by atoms with E-state index < -0.39 is 0 Å². The van der Waals surface area contributed by atoms with Gasteiger partial charge in [0.15, 0.2) is 0 Å². The fraction of sp³-hybridized carbons (Fsp3) is 0.154. The second kappa shape index (κ2) is 5.23. The molecule has 0 atom stereocenters. The fourth-order valence-corrected chi connectivity index (χ4v) is 1.52. The Kier molecular flexibility index (Phi) is 3.49. The summed E-state index contributed by atoms with van der Waals surface area (Å²) in [5.74, 6) is 0.128. The number of pyridine rings is 2.